The van der Waals surface area contributed by atoms with Crippen LogP contribution in [-0.4, -0.2) is 35.8 Å². The molecule has 5 nitrogen and oxygen atoms in total. The van der Waals surface area contributed by atoms with Gasteiger partial charge in [-0.2, -0.15) is 0 Å². The van der Waals surface area contributed by atoms with Gasteiger partial charge in [0.15, 0.2) is 5.13 Å². The third kappa shape index (κ3) is 6.23. The Balaban J connectivity index is 2.18. The second-order valence-electron chi connectivity index (χ2n) is 4.11. The number of carboxylic acids is 1. The Bertz CT molecular complexity index is 352. The smallest absolute Gasteiger partial charge is 0.309 e. The predicted molar refractivity (Wildman–Crippen MR) is 67.6 cm³/mol. The van der Waals surface area contributed by atoms with Crippen molar-refractivity contribution in [3.05, 3.63) is 11.1 Å². The predicted octanol–water partition coefficient (Wildman–Crippen LogP) is 1.85. The number of aliphatic carboxylic acids is 1. The highest BCUT2D eigenvalue weighted by Crippen LogP contribution is 2.15. The molecule has 0 saturated carbocycles. The van der Waals surface area contributed by atoms with Crippen LogP contribution in [0.2, 0.25) is 0 Å². The fourth-order valence-electron chi connectivity index (χ4n) is 1.17. The summed E-state index contributed by atoms with van der Waals surface area (Å²) in [5, 5.41) is 14.2. The van der Waals surface area contributed by atoms with Gasteiger partial charge in [0, 0.05) is 18.5 Å². The Hall–Kier alpha value is -1.14. The lowest BCUT2D eigenvalue weighted by molar-refractivity contribution is -0.136. The minimum atomic E-state index is -0.859. The third-order valence-corrected chi connectivity index (χ3v) is 2.71. The van der Waals surface area contributed by atoms with E-state index in [-0.39, 0.29) is 6.42 Å². The summed E-state index contributed by atoms with van der Waals surface area (Å²) in [5.41, 5.74) is 0.591. The molecule has 0 atom stereocenters. The zero-order valence-corrected chi connectivity index (χ0v) is 10.9. The molecule has 0 radical (unpaired) electrons. The number of carbonyl (C=O) groups is 1. The number of hydrogen-bond donors (Lipinski definition) is 2. The molecular formula is C11H18N2O3S. The number of hydrogen-bond acceptors (Lipinski definition) is 5. The van der Waals surface area contributed by atoms with Gasteiger partial charge < -0.3 is 15.2 Å². The molecule has 6 heteroatoms. The van der Waals surface area contributed by atoms with Crippen molar-refractivity contribution in [2.75, 3.05) is 25.1 Å². The van der Waals surface area contributed by atoms with E-state index in [4.69, 9.17) is 9.84 Å². The van der Waals surface area contributed by atoms with Crippen molar-refractivity contribution >= 4 is 22.4 Å². The second-order valence-corrected chi connectivity index (χ2v) is 4.97. The lowest BCUT2D eigenvalue weighted by atomic mass is 10.2. The van der Waals surface area contributed by atoms with Crippen LogP contribution < -0.4 is 5.32 Å². The summed E-state index contributed by atoms with van der Waals surface area (Å²) in [7, 11) is 0. The van der Waals surface area contributed by atoms with Gasteiger partial charge in [-0.3, -0.25) is 4.79 Å². The highest BCUT2D eigenvalue weighted by molar-refractivity contribution is 7.13. The molecule has 0 amide bonds. The first-order chi connectivity index (χ1) is 8.08. The van der Waals surface area contributed by atoms with Crippen LogP contribution in [0.1, 0.15) is 19.5 Å². The van der Waals surface area contributed by atoms with Crippen molar-refractivity contribution in [3.8, 4) is 0 Å². The highest BCUT2D eigenvalue weighted by Gasteiger charge is 2.05. The third-order valence-electron chi connectivity index (χ3n) is 1.86. The van der Waals surface area contributed by atoms with Crippen molar-refractivity contribution in [2.24, 2.45) is 5.92 Å². The maximum Gasteiger partial charge on any atom is 0.309 e. The molecule has 0 aliphatic carbocycles. The molecule has 0 spiro atoms. The minimum Gasteiger partial charge on any atom is -0.481 e. The van der Waals surface area contributed by atoms with Gasteiger partial charge in [-0.1, -0.05) is 13.8 Å². The fourth-order valence-corrected chi connectivity index (χ4v) is 1.91. The molecule has 0 unspecified atom stereocenters. The maximum atomic E-state index is 10.5. The van der Waals surface area contributed by atoms with Crippen molar-refractivity contribution < 1.29 is 14.6 Å². The highest BCUT2D eigenvalue weighted by atomic mass is 32.1. The molecule has 2 N–H and O–H groups in total. The van der Waals surface area contributed by atoms with Gasteiger partial charge in [-0.15, -0.1) is 11.3 Å². The van der Waals surface area contributed by atoms with Crippen molar-refractivity contribution in [1.29, 1.82) is 0 Å². The van der Waals surface area contributed by atoms with Crippen LogP contribution in [0.4, 0.5) is 5.13 Å². The summed E-state index contributed by atoms with van der Waals surface area (Å²) in [6.07, 6.45) is -0.0258. The molecule has 0 fully saturated rings. The second kappa shape index (κ2) is 7.24. The average Bonchev–Trinajstić information content (AvgIpc) is 2.63. The van der Waals surface area contributed by atoms with Gasteiger partial charge in [-0.25, -0.2) is 4.98 Å². The summed E-state index contributed by atoms with van der Waals surface area (Å²) >= 11 is 1.41. The summed E-state index contributed by atoms with van der Waals surface area (Å²) in [6, 6.07) is 0. The van der Waals surface area contributed by atoms with Crippen LogP contribution in [0.25, 0.3) is 0 Å². The van der Waals surface area contributed by atoms with Crippen LogP contribution in [-0.2, 0) is 16.0 Å². The molecule has 0 aliphatic rings. The molecule has 96 valence electrons. The Morgan fingerprint density at radius 3 is 3.06 bits per heavy atom. The lowest BCUT2D eigenvalue weighted by Gasteiger charge is -2.06. The topological polar surface area (TPSA) is 71.5 Å². The Morgan fingerprint density at radius 1 is 1.65 bits per heavy atom. The van der Waals surface area contributed by atoms with E-state index in [9.17, 15) is 4.79 Å². The van der Waals surface area contributed by atoms with Gasteiger partial charge in [-0.05, 0) is 5.92 Å². The zero-order valence-electron chi connectivity index (χ0n) is 10.1. The average molecular weight is 258 g/mol. The van der Waals surface area contributed by atoms with E-state index >= 15 is 0 Å². The number of rotatable bonds is 8. The first kappa shape index (κ1) is 13.9. The number of anilines is 1. The molecule has 0 bridgehead atoms. The van der Waals surface area contributed by atoms with E-state index in [0.717, 1.165) is 11.7 Å². The van der Waals surface area contributed by atoms with Gasteiger partial charge in [0.2, 0.25) is 0 Å². The first-order valence-electron chi connectivity index (χ1n) is 5.55. The standard InChI is InChI=1S/C11H18N2O3S/c1-8(2)6-16-4-3-12-11-13-9(7-17-11)5-10(14)15/h7-8H,3-6H2,1-2H3,(H,12,13)(H,14,15). The molecule has 1 heterocycles. The molecule has 1 aromatic rings. The maximum absolute atomic E-state index is 10.5. The number of aromatic nitrogens is 1. The van der Waals surface area contributed by atoms with Crippen LogP contribution in [0.15, 0.2) is 5.38 Å². The molecule has 0 saturated heterocycles. The summed E-state index contributed by atoms with van der Waals surface area (Å²) < 4.78 is 5.41. The fraction of sp³-hybridized carbons (Fsp3) is 0.636. The number of thiazole rings is 1. The molecule has 17 heavy (non-hydrogen) atoms. The van der Waals surface area contributed by atoms with E-state index in [1.54, 1.807) is 5.38 Å². The number of ether oxygens (including phenoxy) is 1. The van der Waals surface area contributed by atoms with E-state index in [1.807, 2.05) is 0 Å². The van der Waals surface area contributed by atoms with Crippen molar-refractivity contribution in [1.82, 2.24) is 4.98 Å². The van der Waals surface area contributed by atoms with Crippen molar-refractivity contribution in [2.45, 2.75) is 20.3 Å². The van der Waals surface area contributed by atoms with Crippen molar-refractivity contribution in [3.63, 3.8) is 0 Å². The van der Waals surface area contributed by atoms with E-state index in [1.165, 1.54) is 11.3 Å². The Morgan fingerprint density at radius 2 is 2.41 bits per heavy atom. The Labute approximate surface area is 105 Å². The van der Waals surface area contributed by atoms with Crippen LogP contribution in [0, 0.1) is 5.92 Å². The summed E-state index contributed by atoms with van der Waals surface area (Å²) in [5.74, 6) is -0.320. The van der Waals surface area contributed by atoms with Gasteiger partial charge in [0.1, 0.15) is 0 Å². The number of nitrogens with one attached hydrogen (secondary N) is 1. The number of carboxylic acid groups (broad SMARTS) is 1. The largest absolute Gasteiger partial charge is 0.481 e. The monoisotopic (exact) mass is 258 g/mol. The molecular weight excluding hydrogens is 240 g/mol. The lowest BCUT2D eigenvalue weighted by Crippen LogP contribution is -2.12. The zero-order chi connectivity index (χ0) is 12.7. The van der Waals surface area contributed by atoms with Crippen LogP contribution in [0.3, 0.4) is 0 Å². The quantitative estimate of drug-likeness (QED) is 0.696. The molecule has 0 aliphatic heterocycles. The molecule has 1 rings (SSSR count). The summed E-state index contributed by atoms with van der Waals surface area (Å²) in [6.45, 7) is 6.28. The van der Waals surface area contributed by atoms with Crippen LogP contribution in [0.5, 0.6) is 0 Å². The van der Waals surface area contributed by atoms with Crippen LogP contribution >= 0.6 is 11.3 Å². The molecule has 0 aromatic carbocycles. The minimum absolute atomic E-state index is 0.0258. The van der Waals surface area contributed by atoms with Gasteiger partial charge in [0.05, 0.1) is 18.7 Å². The first-order valence-corrected chi connectivity index (χ1v) is 6.43. The van der Waals surface area contributed by atoms with E-state index < -0.39 is 5.97 Å². The summed E-state index contributed by atoms with van der Waals surface area (Å²) in [4.78, 5) is 14.6. The number of nitrogens with zero attached hydrogens (tertiary/aromatic N) is 1. The van der Waals surface area contributed by atoms with E-state index in [2.05, 4.69) is 24.1 Å². The van der Waals surface area contributed by atoms with Gasteiger partial charge >= 0.3 is 5.97 Å². The Kier molecular flexibility index (Phi) is 5.93. The van der Waals surface area contributed by atoms with E-state index in [0.29, 0.717) is 24.8 Å². The SMILES string of the molecule is CC(C)COCCNc1nc(CC(=O)O)cs1. The normalized spacial score (nSPS) is 10.8. The molecule has 1 aromatic heterocycles. The van der Waals surface area contributed by atoms with Gasteiger partial charge in [0.25, 0.3) is 0 Å².